The molecule has 0 bridgehead atoms. The number of hydrogen-bond donors (Lipinski definition) is 1. The van der Waals surface area contributed by atoms with Gasteiger partial charge in [-0.2, -0.15) is 0 Å². The maximum Gasteiger partial charge on any atom is 0.147 e. The molecule has 1 aromatic rings. The molecule has 0 saturated carbocycles. The molecular formula is C15H29N5. The lowest BCUT2D eigenvalue weighted by atomic mass is 10.3. The van der Waals surface area contributed by atoms with Crippen LogP contribution < -0.4 is 10.2 Å². The molecule has 1 aromatic heterocycles. The first-order valence-electron chi connectivity index (χ1n) is 7.47. The molecule has 0 aliphatic heterocycles. The summed E-state index contributed by atoms with van der Waals surface area (Å²) in [5.74, 6) is 0.974. The van der Waals surface area contributed by atoms with E-state index < -0.39 is 0 Å². The summed E-state index contributed by atoms with van der Waals surface area (Å²) < 4.78 is 0. The lowest BCUT2D eigenvalue weighted by Gasteiger charge is -2.24. The first kappa shape index (κ1) is 16.9. The minimum Gasteiger partial charge on any atom is -0.354 e. The van der Waals surface area contributed by atoms with Gasteiger partial charge in [-0.15, -0.1) is 0 Å². The summed E-state index contributed by atoms with van der Waals surface area (Å²) in [5.41, 5.74) is 0.992. The first-order chi connectivity index (χ1) is 9.52. The van der Waals surface area contributed by atoms with Crippen molar-refractivity contribution in [2.24, 2.45) is 0 Å². The van der Waals surface area contributed by atoms with Gasteiger partial charge in [-0.25, -0.2) is 4.98 Å². The van der Waals surface area contributed by atoms with Crippen molar-refractivity contribution in [3.63, 3.8) is 0 Å². The van der Waals surface area contributed by atoms with Gasteiger partial charge in [-0.1, -0.05) is 20.8 Å². The van der Waals surface area contributed by atoms with Crippen LogP contribution in [-0.2, 0) is 6.54 Å². The molecular weight excluding hydrogens is 250 g/mol. The zero-order valence-electron chi connectivity index (χ0n) is 13.6. The fourth-order valence-corrected chi connectivity index (χ4v) is 1.84. The monoisotopic (exact) mass is 279 g/mol. The Morgan fingerprint density at radius 2 is 1.85 bits per heavy atom. The molecule has 0 spiro atoms. The van der Waals surface area contributed by atoms with Crippen molar-refractivity contribution < 1.29 is 0 Å². The standard InChI is InChI=1S/C15H29N5/c1-6-7-20(9-8-19(4)5)15-12-17-14(11-18-15)10-16-13(2)3/h11-13,16H,6-10H2,1-5H3. The van der Waals surface area contributed by atoms with Crippen LogP contribution in [0.15, 0.2) is 12.4 Å². The van der Waals surface area contributed by atoms with Gasteiger partial charge < -0.3 is 15.1 Å². The van der Waals surface area contributed by atoms with Crippen molar-refractivity contribution >= 4 is 5.82 Å². The third-order valence-corrected chi connectivity index (χ3v) is 3.02. The van der Waals surface area contributed by atoms with E-state index in [1.165, 1.54) is 0 Å². The van der Waals surface area contributed by atoms with Crippen LogP contribution in [0, 0.1) is 0 Å². The molecule has 0 aromatic carbocycles. The van der Waals surface area contributed by atoms with E-state index >= 15 is 0 Å². The Kier molecular flexibility index (Phi) is 7.47. The molecule has 5 heteroatoms. The smallest absolute Gasteiger partial charge is 0.147 e. The summed E-state index contributed by atoms with van der Waals surface area (Å²) in [7, 11) is 4.19. The largest absolute Gasteiger partial charge is 0.354 e. The summed E-state index contributed by atoms with van der Waals surface area (Å²) in [4.78, 5) is 13.5. The second-order valence-electron chi connectivity index (χ2n) is 5.69. The molecule has 0 radical (unpaired) electrons. The van der Waals surface area contributed by atoms with Gasteiger partial charge in [0.15, 0.2) is 0 Å². The van der Waals surface area contributed by atoms with Gasteiger partial charge in [0.05, 0.1) is 18.1 Å². The summed E-state index contributed by atoms with van der Waals surface area (Å²) in [6.45, 7) is 10.3. The summed E-state index contributed by atoms with van der Waals surface area (Å²) >= 11 is 0. The van der Waals surface area contributed by atoms with Gasteiger partial charge in [-0.05, 0) is 20.5 Å². The Morgan fingerprint density at radius 1 is 1.10 bits per heavy atom. The zero-order valence-corrected chi connectivity index (χ0v) is 13.6. The highest BCUT2D eigenvalue weighted by molar-refractivity contribution is 5.35. The fraction of sp³-hybridized carbons (Fsp3) is 0.733. The lowest BCUT2D eigenvalue weighted by molar-refractivity contribution is 0.412. The molecule has 20 heavy (non-hydrogen) atoms. The van der Waals surface area contributed by atoms with Crippen LogP contribution in [0.1, 0.15) is 32.9 Å². The van der Waals surface area contributed by atoms with Gasteiger partial charge in [0, 0.05) is 32.2 Å². The molecule has 1 N–H and O–H groups in total. The van der Waals surface area contributed by atoms with Gasteiger partial charge in [-0.3, -0.25) is 4.98 Å². The number of nitrogens with one attached hydrogen (secondary N) is 1. The average Bonchev–Trinajstić information content (AvgIpc) is 2.41. The van der Waals surface area contributed by atoms with E-state index in [9.17, 15) is 0 Å². The number of anilines is 1. The Balaban J connectivity index is 2.62. The van der Waals surface area contributed by atoms with Crippen LogP contribution in [0.4, 0.5) is 5.82 Å². The maximum absolute atomic E-state index is 4.56. The fourth-order valence-electron chi connectivity index (χ4n) is 1.84. The van der Waals surface area contributed by atoms with Gasteiger partial charge in [0.2, 0.25) is 0 Å². The summed E-state index contributed by atoms with van der Waals surface area (Å²) in [5, 5.41) is 3.35. The van der Waals surface area contributed by atoms with E-state index in [4.69, 9.17) is 0 Å². The van der Waals surface area contributed by atoms with Gasteiger partial charge >= 0.3 is 0 Å². The van der Waals surface area contributed by atoms with Crippen LogP contribution in [0.5, 0.6) is 0 Å². The van der Waals surface area contributed by atoms with E-state index in [0.29, 0.717) is 6.04 Å². The van der Waals surface area contributed by atoms with E-state index in [2.05, 4.69) is 60.0 Å². The summed E-state index contributed by atoms with van der Waals surface area (Å²) in [6.07, 6.45) is 4.89. The van der Waals surface area contributed by atoms with Crippen LogP contribution in [-0.4, -0.2) is 54.6 Å². The number of nitrogens with zero attached hydrogens (tertiary/aromatic N) is 4. The second-order valence-corrected chi connectivity index (χ2v) is 5.69. The second kappa shape index (κ2) is 8.87. The van der Waals surface area contributed by atoms with E-state index in [1.807, 2.05) is 12.4 Å². The van der Waals surface area contributed by atoms with Crippen molar-refractivity contribution in [3.05, 3.63) is 18.1 Å². The van der Waals surface area contributed by atoms with Crippen LogP contribution in [0.25, 0.3) is 0 Å². The number of rotatable bonds is 9. The van der Waals surface area contributed by atoms with Crippen molar-refractivity contribution in [1.82, 2.24) is 20.2 Å². The normalized spacial score (nSPS) is 11.3. The number of hydrogen-bond acceptors (Lipinski definition) is 5. The predicted molar refractivity (Wildman–Crippen MR) is 85.1 cm³/mol. The molecule has 1 rings (SSSR count). The minimum atomic E-state index is 0.466. The SMILES string of the molecule is CCCN(CCN(C)C)c1cnc(CNC(C)C)cn1. The van der Waals surface area contributed by atoms with Crippen molar-refractivity contribution in [2.75, 3.05) is 38.6 Å². The maximum atomic E-state index is 4.56. The third kappa shape index (κ3) is 6.30. The molecule has 0 aliphatic rings. The highest BCUT2D eigenvalue weighted by Gasteiger charge is 2.08. The van der Waals surface area contributed by atoms with Gasteiger partial charge in [0.1, 0.15) is 5.82 Å². The highest BCUT2D eigenvalue weighted by Crippen LogP contribution is 2.09. The Bertz CT molecular complexity index is 361. The topological polar surface area (TPSA) is 44.3 Å². The quantitative estimate of drug-likeness (QED) is 0.746. The first-order valence-corrected chi connectivity index (χ1v) is 7.47. The van der Waals surface area contributed by atoms with Crippen molar-refractivity contribution in [2.45, 2.75) is 39.8 Å². The highest BCUT2D eigenvalue weighted by atomic mass is 15.2. The molecule has 0 aliphatic carbocycles. The van der Waals surface area contributed by atoms with Crippen molar-refractivity contribution in [3.8, 4) is 0 Å². The number of likely N-dealkylation sites (N-methyl/N-ethyl adjacent to an activating group) is 1. The summed E-state index contributed by atoms with van der Waals surface area (Å²) in [6, 6.07) is 0.466. The molecule has 5 nitrogen and oxygen atoms in total. The molecule has 0 atom stereocenters. The Hall–Kier alpha value is -1.20. The van der Waals surface area contributed by atoms with E-state index in [1.54, 1.807) is 0 Å². The average molecular weight is 279 g/mol. The molecule has 0 fully saturated rings. The number of aromatic nitrogens is 2. The lowest BCUT2D eigenvalue weighted by Crippen LogP contribution is -2.33. The van der Waals surface area contributed by atoms with Crippen LogP contribution >= 0.6 is 0 Å². The Morgan fingerprint density at radius 3 is 2.35 bits per heavy atom. The molecule has 0 amide bonds. The van der Waals surface area contributed by atoms with E-state index in [0.717, 1.165) is 44.1 Å². The molecule has 114 valence electrons. The van der Waals surface area contributed by atoms with Crippen LogP contribution in [0.3, 0.4) is 0 Å². The van der Waals surface area contributed by atoms with Crippen molar-refractivity contribution in [1.29, 1.82) is 0 Å². The molecule has 1 heterocycles. The molecule has 0 saturated heterocycles. The predicted octanol–water partition coefficient (Wildman–Crippen LogP) is 1.75. The molecule has 0 unspecified atom stereocenters. The third-order valence-electron chi connectivity index (χ3n) is 3.02. The van der Waals surface area contributed by atoms with Crippen LogP contribution in [0.2, 0.25) is 0 Å². The minimum absolute atomic E-state index is 0.466. The van der Waals surface area contributed by atoms with E-state index in [-0.39, 0.29) is 0 Å². The zero-order chi connectivity index (χ0) is 15.0. The van der Waals surface area contributed by atoms with Gasteiger partial charge in [0.25, 0.3) is 0 Å². The Labute approximate surface area is 123 Å².